The SMILES string of the molecule is CC(C)(C)OC(=O)CC1C=C(B2OC(C)(C)C(C)(C)O2)CC1.CC(C)(C)OC(=O)CC1C=C(OS(=O)(=O)C(F)(F)F)CC1.CC(C)(C)OC(=O)CC1CC=C(B2OC(C)(C)C(C)(C)O2)C1.CC(C)(C)OC(=O)CC1CC=C(OS(=O)(=O)C(F)(F)F)C1. The van der Waals surface area contributed by atoms with Crippen molar-refractivity contribution in [1.82, 2.24) is 0 Å². The van der Waals surface area contributed by atoms with Crippen LogP contribution in [0, 0.1) is 23.7 Å². The van der Waals surface area contributed by atoms with Crippen LogP contribution in [0.2, 0.25) is 0 Å². The third-order valence-corrected chi connectivity index (χ3v) is 16.4. The molecule has 2 saturated heterocycles. The third kappa shape index (κ3) is 24.7. The first kappa shape index (κ1) is 76.1. The van der Waals surface area contributed by atoms with Gasteiger partial charge in [-0.15, -0.1) is 0 Å². The minimum absolute atomic E-state index is 0.00725. The van der Waals surface area contributed by atoms with Crippen LogP contribution in [0.5, 0.6) is 0 Å². The van der Waals surface area contributed by atoms with Crippen LogP contribution in [-0.4, -0.2) is 111 Å². The van der Waals surface area contributed by atoms with Crippen LogP contribution in [0.3, 0.4) is 0 Å². The molecule has 0 bridgehead atoms. The summed E-state index contributed by atoms with van der Waals surface area (Å²) in [5.74, 6) is -2.01. The summed E-state index contributed by atoms with van der Waals surface area (Å²) in [7, 11) is -11.9. The molecule has 492 valence electrons. The molecule has 0 spiro atoms. The summed E-state index contributed by atoms with van der Waals surface area (Å²) in [6.45, 7) is 38.0. The van der Waals surface area contributed by atoms with E-state index in [1.165, 1.54) is 12.2 Å². The van der Waals surface area contributed by atoms with Gasteiger partial charge in [0.05, 0.1) is 35.2 Å². The normalized spacial score (nSPS) is 23.6. The van der Waals surface area contributed by atoms with Gasteiger partial charge in [-0.3, -0.25) is 19.2 Å². The molecule has 18 nitrogen and oxygen atoms in total. The Morgan fingerprint density at radius 2 is 0.779 bits per heavy atom. The number of alkyl halides is 6. The highest BCUT2D eigenvalue weighted by molar-refractivity contribution is 7.88. The van der Waals surface area contributed by atoms with E-state index in [1.54, 1.807) is 41.5 Å². The lowest BCUT2D eigenvalue weighted by Crippen LogP contribution is -2.41. The molecule has 4 atom stereocenters. The first-order chi connectivity index (χ1) is 38.4. The first-order valence-corrected chi connectivity index (χ1v) is 31.6. The second-order valence-corrected chi connectivity index (χ2v) is 31.4. The molecule has 4 aliphatic carbocycles. The van der Waals surface area contributed by atoms with E-state index in [0.717, 1.165) is 36.6 Å². The number of carbonyl (C=O) groups excluding carboxylic acids is 4. The number of carbonyl (C=O) groups is 4. The minimum atomic E-state index is -5.65. The molecule has 0 amide bonds. The van der Waals surface area contributed by atoms with Gasteiger partial charge in [-0.05, 0) is 224 Å². The van der Waals surface area contributed by atoms with Crippen LogP contribution < -0.4 is 0 Å². The van der Waals surface area contributed by atoms with E-state index >= 15 is 0 Å². The molecule has 0 aromatic heterocycles. The number of rotatable bonds is 14. The quantitative estimate of drug-likeness (QED) is 0.0393. The second kappa shape index (κ2) is 28.0. The summed E-state index contributed by atoms with van der Waals surface area (Å²) < 4.78 is 170. The third-order valence-electron chi connectivity index (χ3n) is 14.4. The fourth-order valence-electron chi connectivity index (χ4n) is 9.10. The van der Waals surface area contributed by atoms with Crippen LogP contribution >= 0.6 is 0 Å². The van der Waals surface area contributed by atoms with E-state index in [0.29, 0.717) is 25.2 Å². The van der Waals surface area contributed by atoms with E-state index in [2.05, 4.69) is 75.9 Å². The maximum absolute atomic E-state index is 12.2. The van der Waals surface area contributed by atoms with E-state index in [-0.39, 0.29) is 104 Å². The summed E-state index contributed by atoms with van der Waals surface area (Å²) in [5, 5.41) is 0. The van der Waals surface area contributed by atoms with Gasteiger partial charge in [-0.1, -0.05) is 12.2 Å². The molecule has 0 saturated carbocycles. The average Bonchev–Trinajstić information content (AvgIpc) is 3.35. The molecule has 0 aromatic carbocycles. The van der Waals surface area contributed by atoms with E-state index < -0.39 is 71.5 Å². The van der Waals surface area contributed by atoms with E-state index in [4.69, 9.17) is 37.6 Å². The molecule has 2 fully saturated rings. The molecule has 28 heteroatoms. The van der Waals surface area contributed by atoms with Gasteiger partial charge in [-0.25, -0.2) is 0 Å². The van der Waals surface area contributed by atoms with Gasteiger partial charge in [0.2, 0.25) is 0 Å². The maximum atomic E-state index is 12.2. The van der Waals surface area contributed by atoms with Crippen molar-refractivity contribution in [2.24, 2.45) is 23.7 Å². The molecule has 2 aliphatic heterocycles. The molecule has 2 heterocycles. The lowest BCUT2D eigenvalue weighted by atomic mass is 9.76. The molecule has 0 aromatic rings. The highest BCUT2D eigenvalue weighted by Gasteiger charge is 2.55. The van der Waals surface area contributed by atoms with Gasteiger partial charge in [-0.2, -0.15) is 43.2 Å². The molecule has 0 N–H and O–H groups in total. The lowest BCUT2D eigenvalue weighted by molar-refractivity contribution is -0.157. The van der Waals surface area contributed by atoms with Crippen molar-refractivity contribution < 1.29 is 108 Å². The van der Waals surface area contributed by atoms with Gasteiger partial charge >= 0.3 is 69.4 Å². The van der Waals surface area contributed by atoms with Gasteiger partial charge < -0.3 is 45.9 Å². The predicted molar refractivity (Wildman–Crippen MR) is 309 cm³/mol. The molecular weight excluding hydrogens is 1180 g/mol. The predicted octanol–water partition coefficient (Wildman–Crippen LogP) is 13.1. The number of allylic oxidation sites excluding steroid dienone is 8. The zero-order valence-corrected chi connectivity index (χ0v) is 55.3. The summed E-state index contributed by atoms with van der Waals surface area (Å²) in [6, 6.07) is 0. The highest BCUT2D eigenvalue weighted by Crippen LogP contribution is 2.44. The highest BCUT2D eigenvalue weighted by atomic mass is 32.2. The number of hydrogen-bond acceptors (Lipinski definition) is 18. The van der Waals surface area contributed by atoms with Gasteiger partial charge in [0.15, 0.2) is 0 Å². The zero-order chi connectivity index (χ0) is 66.5. The lowest BCUT2D eigenvalue weighted by Gasteiger charge is -2.32. The summed E-state index contributed by atoms with van der Waals surface area (Å²) in [5.41, 5.74) is -12.0. The summed E-state index contributed by atoms with van der Waals surface area (Å²) in [4.78, 5) is 47.0. The van der Waals surface area contributed by atoms with Crippen molar-refractivity contribution in [3.63, 3.8) is 0 Å². The molecular formula is C58H92B2F6O18S2. The maximum Gasteiger partial charge on any atom is 0.534 e. The van der Waals surface area contributed by atoms with Crippen molar-refractivity contribution >= 4 is 58.4 Å². The Bertz CT molecular complexity index is 2730. The van der Waals surface area contributed by atoms with Gasteiger partial charge in [0, 0.05) is 25.7 Å². The number of esters is 4. The second-order valence-electron chi connectivity index (χ2n) is 28.3. The number of hydrogen-bond donors (Lipinski definition) is 0. The largest absolute Gasteiger partial charge is 0.534 e. The Labute approximate surface area is 506 Å². The fraction of sp³-hybridized carbons (Fsp3) is 0.793. The smallest absolute Gasteiger partial charge is 0.460 e. The van der Waals surface area contributed by atoms with E-state index in [9.17, 15) is 62.4 Å². The topological polar surface area (TPSA) is 229 Å². The Balaban J connectivity index is 0.000000300. The first-order valence-electron chi connectivity index (χ1n) is 28.8. The number of halogens is 6. The summed E-state index contributed by atoms with van der Waals surface area (Å²) in [6.07, 6.45) is 11.8. The Morgan fingerprint density at radius 3 is 1.15 bits per heavy atom. The Morgan fingerprint density at radius 1 is 0.465 bits per heavy atom. The van der Waals surface area contributed by atoms with Crippen LogP contribution in [0.15, 0.2) is 46.8 Å². The van der Waals surface area contributed by atoms with Crippen LogP contribution in [0.4, 0.5) is 26.3 Å². The van der Waals surface area contributed by atoms with Crippen LogP contribution in [0.25, 0.3) is 0 Å². The Kier molecular flexibility index (Phi) is 24.8. The van der Waals surface area contributed by atoms with Crippen LogP contribution in [0.1, 0.15) is 216 Å². The van der Waals surface area contributed by atoms with Gasteiger partial charge in [0.25, 0.3) is 0 Å². The molecule has 0 radical (unpaired) electrons. The van der Waals surface area contributed by atoms with Crippen molar-refractivity contribution in [1.29, 1.82) is 0 Å². The zero-order valence-electron chi connectivity index (χ0n) is 53.7. The van der Waals surface area contributed by atoms with Crippen molar-refractivity contribution in [3.05, 3.63) is 46.8 Å². The Hall–Kier alpha value is -4.11. The standard InChI is InChI=1S/2C17H29BO4.2C12H17F3O5S/c2*1-15(2,3)20-14(19)11-12-8-9-13(10-12)18-21-16(4,5)17(6,7)22-18;2*1-11(2,3)19-10(16)7-8-4-5-9(6-8)20-21(17,18)12(13,14)15/h10,12H,8-9,11H2,1-7H3;9,12H,8,10-11H2,1-7H3;6,8H,4-5,7H2,1-3H3;5,8H,4,6-7H2,1-3H3. The molecule has 6 aliphatic rings. The van der Waals surface area contributed by atoms with Crippen molar-refractivity contribution in [3.8, 4) is 0 Å². The summed E-state index contributed by atoms with van der Waals surface area (Å²) >= 11 is 0. The van der Waals surface area contributed by atoms with Crippen molar-refractivity contribution in [2.75, 3.05) is 0 Å². The monoisotopic (exact) mass is 1280 g/mol. The molecule has 86 heavy (non-hydrogen) atoms. The average molecular weight is 1280 g/mol. The van der Waals surface area contributed by atoms with Crippen molar-refractivity contribution in [2.45, 2.75) is 271 Å². The van der Waals surface area contributed by atoms with Gasteiger partial charge in [0.1, 0.15) is 33.9 Å². The number of ether oxygens (including phenoxy) is 4. The fourth-order valence-corrected chi connectivity index (χ4v) is 10.1. The molecule has 4 unspecified atom stereocenters. The molecule has 6 rings (SSSR count). The minimum Gasteiger partial charge on any atom is -0.460 e. The van der Waals surface area contributed by atoms with Crippen LogP contribution in [-0.2, 0) is 85.3 Å². The van der Waals surface area contributed by atoms with E-state index in [1.807, 2.05) is 41.5 Å².